The van der Waals surface area contributed by atoms with E-state index < -0.39 is 17.5 Å². The normalized spacial score (nSPS) is 51.5. The highest BCUT2D eigenvalue weighted by molar-refractivity contribution is 5.86. The van der Waals surface area contributed by atoms with Gasteiger partial charge in [0.25, 0.3) is 0 Å². The lowest BCUT2D eigenvalue weighted by Gasteiger charge is -2.44. The fourth-order valence-electron chi connectivity index (χ4n) is 5.66. The molecule has 4 rings (SSSR count). The largest absolute Gasteiger partial charge is 0.481 e. The summed E-state index contributed by atoms with van der Waals surface area (Å²) in [7, 11) is 0. The molecule has 2 aliphatic carbocycles. The molecular formula is C15H20O5. The highest BCUT2D eigenvalue weighted by atomic mass is 16.6. The van der Waals surface area contributed by atoms with Crippen LogP contribution in [-0.4, -0.2) is 35.9 Å². The molecule has 4 fully saturated rings. The van der Waals surface area contributed by atoms with Crippen LogP contribution in [0.25, 0.3) is 0 Å². The number of carbonyl (C=O) groups is 2. The maximum absolute atomic E-state index is 12.3. The molecule has 110 valence electrons. The fourth-order valence-corrected chi connectivity index (χ4v) is 5.66. The molecule has 5 atom stereocenters. The molecule has 20 heavy (non-hydrogen) atoms. The van der Waals surface area contributed by atoms with Crippen LogP contribution in [0.4, 0.5) is 0 Å². The minimum atomic E-state index is -0.835. The first kappa shape index (κ1) is 12.6. The van der Waals surface area contributed by atoms with E-state index in [9.17, 15) is 14.7 Å². The Morgan fingerprint density at radius 2 is 2.10 bits per heavy atom. The lowest BCUT2D eigenvalue weighted by Crippen LogP contribution is -2.56. The number of epoxide rings is 1. The lowest BCUT2D eigenvalue weighted by molar-refractivity contribution is -0.179. The van der Waals surface area contributed by atoms with Crippen molar-refractivity contribution < 1.29 is 24.2 Å². The van der Waals surface area contributed by atoms with Crippen molar-refractivity contribution in [1.29, 1.82) is 0 Å². The maximum Gasteiger partial charge on any atom is 0.341 e. The molecule has 5 nitrogen and oxygen atoms in total. The summed E-state index contributed by atoms with van der Waals surface area (Å²) in [6.45, 7) is 5.07. The van der Waals surface area contributed by atoms with Crippen LogP contribution >= 0.6 is 0 Å². The van der Waals surface area contributed by atoms with Crippen molar-refractivity contribution in [2.24, 2.45) is 28.6 Å². The molecule has 4 aliphatic rings. The maximum atomic E-state index is 12.3. The number of cyclic esters (lactones) is 1. The predicted molar refractivity (Wildman–Crippen MR) is 67.8 cm³/mol. The van der Waals surface area contributed by atoms with Crippen LogP contribution in [0.15, 0.2) is 0 Å². The van der Waals surface area contributed by atoms with Crippen LogP contribution in [0.2, 0.25) is 0 Å². The molecule has 1 N–H and O–H groups in total. The van der Waals surface area contributed by atoms with E-state index in [0.29, 0.717) is 13.0 Å². The minimum Gasteiger partial charge on any atom is -0.481 e. The molecule has 0 aromatic rings. The zero-order valence-electron chi connectivity index (χ0n) is 11.8. The van der Waals surface area contributed by atoms with Gasteiger partial charge < -0.3 is 14.6 Å². The van der Waals surface area contributed by atoms with Crippen molar-refractivity contribution in [3.8, 4) is 0 Å². The third-order valence-electron chi connectivity index (χ3n) is 6.21. The molecule has 2 saturated carbocycles. The molecule has 0 bridgehead atoms. The zero-order chi connectivity index (χ0) is 14.3. The number of ether oxygens (including phenoxy) is 2. The Balaban J connectivity index is 1.84. The van der Waals surface area contributed by atoms with Crippen molar-refractivity contribution in [3.63, 3.8) is 0 Å². The van der Waals surface area contributed by atoms with Gasteiger partial charge >= 0.3 is 11.9 Å². The molecule has 0 radical (unpaired) electrons. The predicted octanol–water partition coefficient (Wildman–Crippen LogP) is 1.46. The topological polar surface area (TPSA) is 76.1 Å². The van der Waals surface area contributed by atoms with E-state index in [2.05, 4.69) is 13.8 Å². The molecule has 0 amide bonds. The Labute approximate surface area is 117 Å². The first-order chi connectivity index (χ1) is 9.32. The third kappa shape index (κ3) is 1.23. The molecule has 2 saturated heterocycles. The molecule has 2 spiro atoms. The van der Waals surface area contributed by atoms with Gasteiger partial charge in [0.15, 0.2) is 5.60 Å². The number of carboxylic acids is 1. The highest BCUT2D eigenvalue weighted by Crippen LogP contribution is 2.73. The van der Waals surface area contributed by atoms with Crippen LogP contribution in [0.3, 0.4) is 0 Å². The van der Waals surface area contributed by atoms with Crippen LogP contribution in [-0.2, 0) is 19.1 Å². The van der Waals surface area contributed by atoms with Gasteiger partial charge in [-0.3, -0.25) is 4.79 Å². The van der Waals surface area contributed by atoms with Gasteiger partial charge in [0, 0.05) is 11.3 Å². The van der Waals surface area contributed by atoms with Gasteiger partial charge in [0.05, 0.1) is 19.1 Å². The van der Waals surface area contributed by atoms with Crippen LogP contribution < -0.4 is 0 Å². The number of hydrogen-bond donors (Lipinski definition) is 1. The van der Waals surface area contributed by atoms with E-state index in [0.717, 1.165) is 12.8 Å². The average Bonchev–Trinajstić information content (AvgIpc) is 3.01. The van der Waals surface area contributed by atoms with Gasteiger partial charge in [0.2, 0.25) is 0 Å². The van der Waals surface area contributed by atoms with Gasteiger partial charge in [-0.2, -0.15) is 0 Å². The van der Waals surface area contributed by atoms with Crippen LogP contribution in [0, 0.1) is 28.6 Å². The average molecular weight is 280 g/mol. The first-order valence-corrected chi connectivity index (χ1v) is 7.36. The summed E-state index contributed by atoms with van der Waals surface area (Å²) in [6.07, 6.45) is 2.51. The number of carboxylic acid groups (broad SMARTS) is 1. The van der Waals surface area contributed by atoms with E-state index in [1.54, 1.807) is 0 Å². The molecule has 2 heterocycles. The van der Waals surface area contributed by atoms with Gasteiger partial charge in [0.1, 0.15) is 0 Å². The molecule has 2 aliphatic heterocycles. The Bertz CT molecular complexity index is 506. The summed E-state index contributed by atoms with van der Waals surface area (Å²) in [5, 5.41) is 9.51. The fraction of sp³-hybridized carbons (Fsp3) is 0.867. The number of esters is 1. The first-order valence-electron chi connectivity index (χ1n) is 7.36. The Morgan fingerprint density at radius 1 is 1.40 bits per heavy atom. The van der Waals surface area contributed by atoms with Gasteiger partial charge in [-0.1, -0.05) is 13.8 Å². The van der Waals surface area contributed by atoms with Crippen molar-refractivity contribution in [2.45, 2.75) is 38.7 Å². The summed E-state index contributed by atoms with van der Waals surface area (Å²) in [6, 6.07) is 0. The number of hydrogen-bond acceptors (Lipinski definition) is 4. The molecule has 0 aromatic carbocycles. The quantitative estimate of drug-likeness (QED) is 0.581. The van der Waals surface area contributed by atoms with E-state index in [-0.39, 0.29) is 35.2 Å². The third-order valence-corrected chi connectivity index (χ3v) is 6.21. The van der Waals surface area contributed by atoms with Gasteiger partial charge in [-0.05, 0) is 30.6 Å². The Morgan fingerprint density at radius 3 is 2.70 bits per heavy atom. The summed E-state index contributed by atoms with van der Waals surface area (Å²) >= 11 is 0. The molecule has 0 aromatic heterocycles. The zero-order valence-corrected chi connectivity index (χ0v) is 11.8. The summed E-state index contributed by atoms with van der Waals surface area (Å²) in [4.78, 5) is 23.8. The number of carbonyl (C=O) groups excluding carboxylic acids is 1. The van der Waals surface area contributed by atoms with Crippen LogP contribution in [0.1, 0.15) is 33.1 Å². The van der Waals surface area contributed by atoms with E-state index in [1.165, 1.54) is 0 Å². The monoisotopic (exact) mass is 280 g/mol. The second kappa shape index (κ2) is 3.38. The van der Waals surface area contributed by atoms with Crippen molar-refractivity contribution in [2.75, 3.05) is 13.2 Å². The van der Waals surface area contributed by atoms with Gasteiger partial charge in [-0.15, -0.1) is 0 Å². The SMILES string of the molecule is CC1(C)C[C@H]2CC(C(=O)O)[C@@H]3COC(=O)[C@]4(CO4)[C@]23C1. The van der Waals surface area contributed by atoms with Crippen molar-refractivity contribution in [3.05, 3.63) is 0 Å². The number of aliphatic carboxylic acids is 1. The van der Waals surface area contributed by atoms with Gasteiger partial charge in [-0.25, -0.2) is 4.79 Å². The summed E-state index contributed by atoms with van der Waals surface area (Å²) in [5.41, 5.74) is -1.00. The molecule has 5 heteroatoms. The molecule has 1 unspecified atom stereocenters. The van der Waals surface area contributed by atoms with E-state index in [4.69, 9.17) is 9.47 Å². The standard InChI is InChI=1S/C15H20O5/c1-13(2)4-8-3-9(11(16)17)10-5-19-12(18)15(7-20-15)14(8,10)6-13/h8-10H,3-7H2,1-2H3,(H,16,17)/t8-,9?,10+,14-,15-/m1/s1. The number of rotatable bonds is 1. The smallest absolute Gasteiger partial charge is 0.341 e. The summed E-state index contributed by atoms with van der Waals surface area (Å²) < 4.78 is 10.9. The minimum absolute atomic E-state index is 0.0908. The second-order valence-electron chi connectivity index (χ2n) is 7.78. The molecular weight excluding hydrogens is 260 g/mol. The summed E-state index contributed by atoms with van der Waals surface area (Å²) in [5.74, 6) is -1.24. The lowest BCUT2D eigenvalue weighted by atomic mass is 9.61. The highest BCUT2D eigenvalue weighted by Gasteiger charge is 2.80. The van der Waals surface area contributed by atoms with Crippen LogP contribution in [0.5, 0.6) is 0 Å². The van der Waals surface area contributed by atoms with E-state index >= 15 is 0 Å². The van der Waals surface area contributed by atoms with Crippen molar-refractivity contribution >= 4 is 11.9 Å². The van der Waals surface area contributed by atoms with E-state index in [1.807, 2.05) is 0 Å². The second-order valence-corrected chi connectivity index (χ2v) is 7.78. The Kier molecular flexibility index (Phi) is 2.13. The Hall–Kier alpha value is -1.10. The van der Waals surface area contributed by atoms with Crippen molar-refractivity contribution in [1.82, 2.24) is 0 Å².